The molecule has 2 N–H and O–H groups in total. The Balaban J connectivity index is 1.35. The Labute approximate surface area is 227 Å². The fourth-order valence-electron chi connectivity index (χ4n) is 5.07. The highest BCUT2D eigenvalue weighted by molar-refractivity contribution is 7.89. The first-order valence-corrected chi connectivity index (χ1v) is 15.1. The predicted molar refractivity (Wildman–Crippen MR) is 146 cm³/mol. The molecule has 202 valence electrons. The van der Waals surface area contributed by atoms with Gasteiger partial charge in [-0.25, -0.2) is 22.5 Å². The highest BCUT2D eigenvalue weighted by Gasteiger charge is 2.34. The van der Waals surface area contributed by atoms with Gasteiger partial charge in [0.2, 0.25) is 10.0 Å². The van der Waals surface area contributed by atoms with Crippen LogP contribution in [0.4, 0.5) is 10.1 Å². The molecule has 3 aromatic rings. The van der Waals surface area contributed by atoms with Gasteiger partial charge in [-0.2, -0.15) is 0 Å². The van der Waals surface area contributed by atoms with Crippen molar-refractivity contribution in [2.45, 2.75) is 74.9 Å². The van der Waals surface area contributed by atoms with E-state index in [-0.39, 0.29) is 17.5 Å². The number of hydrogen-bond acceptors (Lipinski definition) is 6. The summed E-state index contributed by atoms with van der Waals surface area (Å²) in [5.41, 5.74) is 1.67. The van der Waals surface area contributed by atoms with Gasteiger partial charge >= 0.3 is 0 Å². The molecule has 2 aromatic heterocycles. The number of nitrogens with zero attached hydrogens (tertiary/aromatic N) is 2. The molecule has 0 unspecified atom stereocenters. The van der Waals surface area contributed by atoms with Crippen LogP contribution in [0.3, 0.4) is 0 Å². The van der Waals surface area contributed by atoms with Crippen molar-refractivity contribution in [2.24, 2.45) is 5.92 Å². The van der Waals surface area contributed by atoms with E-state index in [0.717, 1.165) is 40.7 Å². The molecule has 1 atom stereocenters. The lowest BCUT2D eigenvalue weighted by molar-refractivity contribution is 0.221. The van der Waals surface area contributed by atoms with Gasteiger partial charge in [-0.1, -0.05) is 11.6 Å². The molecule has 3 aliphatic carbocycles. The zero-order valence-electron chi connectivity index (χ0n) is 21.6. The van der Waals surface area contributed by atoms with Gasteiger partial charge in [0, 0.05) is 47.2 Å². The zero-order chi connectivity index (χ0) is 26.7. The lowest BCUT2D eigenvalue weighted by Crippen LogP contribution is -2.36. The van der Waals surface area contributed by atoms with Crippen LogP contribution in [0.5, 0.6) is 5.75 Å². The van der Waals surface area contributed by atoms with Crippen molar-refractivity contribution in [2.75, 3.05) is 18.5 Å². The maximum absolute atomic E-state index is 14.3. The number of benzene rings is 1. The zero-order valence-corrected chi connectivity index (χ0v) is 23.1. The minimum absolute atomic E-state index is 0.0736. The lowest BCUT2D eigenvalue weighted by Gasteiger charge is -2.19. The minimum atomic E-state index is -3.99. The van der Waals surface area contributed by atoms with Crippen LogP contribution >= 0.6 is 11.6 Å². The minimum Gasteiger partial charge on any atom is -0.491 e. The second-order valence-electron chi connectivity index (χ2n) is 11.5. The van der Waals surface area contributed by atoms with Crippen molar-refractivity contribution in [1.29, 1.82) is 0 Å². The van der Waals surface area contributed by atoms with Crippen molar-refractivity contribution in [3.8, 4) is 5.75 Å². The summed E-state index contributed by atoms with van der Waals surface area (Å²) in [6, 6.07) is 5.59. The van der Waals surface area contributed by atoms with Gasteiger partial charge in [-0.05, 0) is 81.5 Å². The molecule has 0 amide bonds. The molecule has 2 fully saturated rings. The lowest BCUT2D eigenvalue weighted by atomic mass is 10.0. The normalized spacial score (nSPS) is 19.5. The van der Waals surface area contributed by atoms with Crippen LogP contribution in [0.25, 0.3) is 10.8 Å². The van der Waals surface area contributed by atoms with Crippen LogP contribution in [-0.4, -0.2) is 43.2 Å². The van der Waals surface area contributed by atoms with E-state index in [1.165, 1.54) is 26.7 Å². The van der Waals surface area contributed by atoms with Crippen molar-refractivity contribution < 1.29 is 17.5 Å². The molecule has 3 aliphatic rings. The Kier molecular flexibility index (Phi) is 6.52. The number of fused-ring (bicyclic) bond motifs is 2. The van der Waals surface area contributed by atoms with E-state index in [0.29, 0.717) is 47.6 Å². The van der Waals surface area contributed by atoms with E-state index < -0.39 is 15.7 Å². The van der Waals surface area contributed by atoms with Crippen molar-refractivity contribution in [3.05, 3.63) is 52.6 Å². The van der Waals surface area contributed by atoms with E-state index in [4.69, 9.17) is 16.3 Å². The number of nitrogens with one attached hydrogen (secondary N) is 2. The third-order valence-corrected chi connectivity index (χ3v) is 9.15. The van der Waals surface area contributed by atoms with Gasteiger partial charge in [0.25, 0.3) is 0 Å². The van der Waals surface area contributed by atoms with E-state index in [2.05, 4.69) is 20.0 Å². The molecule has 0 spiro atoms. The number of aromatic nitrogens is 2. The van der Waals surface area contributed by atoms with Crippen LogP contribution in [0.1, 0.15) is 62.3 Å². The highest BCUT2D eigenvalue weighted by Crippen LogP contribution is 2.42. The van der Waals surface area contributed by atoms with Crippen LogP contribution in [-0.2, 0) is 22.9 Å². The number of pyridine rings is 2. The molecule has 2 heterocycles. The highest BCUT2D eigenvalue weighted by atomic mass is 35.5. The first kappa shape index (κ1) is 25.8. The third kappa shape index (κ3) is 5.60. The fraction of sp³-hybridized carbons (Fsp3) is 0.500. The SMILES string of the molecule is CC(C)(F)CNS(=O)(=O)c1c2c(cc3cnc(C4CC4)cc13)C[C@@H](Nc1cnc(Cl)cc1OCC1CC1)C2. The largest absolute Gasteiger partial charge is 0.491 e. The molecule has 0 bridgehead atoms. The van der Waals surface area contributed by atoms with Gasteiger partial charge < -0.3 is 10.1 Å². The Morgan fingerprint density at radius 2 is 1.89 bits per heavy atom. The van der Waals surface area contributed by atoms with E-state index in [9.17, 15) is 12.8 Å². The summed E-state index contributed by atoms with van der Waals surface area (Å²) < 4.78 is 50.3. The predicted octanol–water partition coefficient (Wildman–Crippen LogP) is 5.56. The van der Waals surface area contributed by atoms with Gasteiger partial charge in [0.15, 0.2) is 0 Å². The molecule has 0 radical (unpaired) electrons. The molecule has 2 saturated carbocycles. The van der Waals surface area contributed by atoms with Crippen molar-refractivity contribution in [3.63, 3.8) is 0 Å². The summed E-state index contributed by atoms with van der Waals surface area (Å²) in [7, 11) is -3.99. The second-order valence-corrected chi connectivity index (χ2v) is 13.6. The summed E-state index contributed by atoms with van der Waals surface area (Å²) >= 11 is 6.14. The number of halogens is 2. The summed E-state index contributed by atoms with van der Waals surface area (Å²) in [4.78, 5) is 9.09. The molecular formula is C28H32ClFN4O3S. The average molecular weight is 559 g/mol. The van der Waals surface area contributed by atoms with Gasteiger partial charge in [0.1, 0.15) is 16.6 Å². The maximum atomic E-state index is 14.3. The molecule has 0 saturated heterocycles. The Bertz CT molecular complexity index is 1500. The maximum Gasteiger partial charge on any atom is 0.241 e. The summed E-state index contributed by atoms with van der Waals surface area (Å²) in [6.07, 6.45) is 9.03. The molecule has 0 aliphatic heterocycles. The topological polar surface area (TPSA) is 93.2 Å². The molecule has 7 nitrogen and oxygen atoms in total. The molecule has 10 heteroatoms. The molecule has 6 rings (SSSR count). The molecular weight excluding hydrogens is 527 g/mol. The number of alkyl halides is 1. The van der Waals surface area contributed by atoms with E-state index >= 15 is 0 Å². The second kappa shape index (κ2) is 9.61. The van der Waals surface area contributed by atoms with Crippen LogP contribution < -0.4 is 14.8 Å². The van der Waals surface area contributed by atoms with Crippen LogP contribution in [0.2, 0.25) is 5.15 Å². The Hall–Kier alpha value is -2.49. The Morgan fingerprint density at radius 3 is 2.61 bits per heavy atom. The van der Waals surface area contributed by atoms with E-state index in [1.54, 1.807) is 18.5 Å². The first-order chi connectivity index (χ1) is 18.1. The monoisotopic (exact) mass is 558 g/mol. The summed E-state index contributed by atoms with van der Waals surface area (Å²) in [5.74, 6) is 1.61. The van der Waals surface area contributed by atoms with Crippen molar-refractivity contribution >= 4 is 38.1 Å². The molecule has 38 heavy (non-hydrogen) atoms. The van der Waals surface area contributed by atoms with Gasteiger partial charge in [-0.15, -0.1) is 0 Å². The fourth-order valence-corrected chi connectivity index (χ4v) is 6.90. The summed E-state index contributed by atoms with van der Waals surface area (Å²) in [6.45, 7) is 3.06. The number of ether oxygens (including phenoxy) is 1. The smallest absolute Gasteiger partial charge is 0.241 e. The molecule has 1 aromatic carbocycles. The van der Waals surface area contributed by atoms with Crippen LogP contribution in [0.15, 0.2) is 35.5 Å². The standard InChI is InChI=1S/C28H32ClFN4O3S/c1-28(2,30)15-33-38(35,36)27-21-9-20(34-24-13-32-26(29)11-25(24)37-14-16-3-4-16)8-18(21)7-19-12-31-23(10-22(19)27)17-5-6-17/h7,10-13,16-17,20,33-34H,3-6,8-9,14-15H2,1-2H3/t20-/m1/s1. The quantitative estimate of drug-likeness (QED) is 0.317. The van der Waals surface area contributed by atoms with Gasteiger partial charge in [-0.3, -0.25) is 4.98 Å². The number of hydrogen-bond donors (Lipinski definition) is 2. The van der Waals surface area contributed by atoms with Crippen LogP contribution in [0, 0.1) is 5.92 Å². The number of sulfonamides is 1. The summed E-state index contributed by atoms with van der Waals surface area (Å²) in [5, 5.41) is 5.30. The Morgan fingerprint density at radius 1 is 1.11 bits per heavy atom. The van der Waals surface area contributed by atoms with Crippen molar-refractivity contribution in [1.82, 2.24) is 14.7 Å². The van der Waals surface area contributed by atoms with Gasteiger partial charge in [0.05, 0.1) is 23.4 Å². The number of anilines is 1. The van der Waals surface area contributed by atoms with E-state index in [1.807, 2.05) is 12.1 Å². The average Bonchev–Trinajstić information content (AvgIpc) is 3.78. The number of rotatable bonds is 10. The third-order valence-electron chi connectivity index (χ3n) is 7.42. The first-order valence-electron chi connectivity index (χ1n) is 13.2.